The molecule has 1 aliphatic heterocycles. The summed E-state index contributed by atoms with van der Waals surface area (Å²) in [5.41, 5.74) is 2.05. The van der Waals surface area contributed by atoms with Crippen LogP contribution in [-0.4, -0.2) is 73.6 Å². The molecule has 3 aromatic rings. The Labute approximate surface area is 260 Å². The lowest BCUT2D eigenvalue weighted by atomic mass is 9.80. The number of esters is 1. The molecule has 2 aromatic heterocycles. The first-order chi connectivity index (χ1) is 21.1. The summed E-state index contributed by atoms with van der Waals surface area (Å²) in [5.74, 6) is -0.977. The van der Waals surface area contributed by atoms with Crippen LogP contribution < -0.4 is 15.3 Å². The second kappa shape index (κ2) is 13.4. The molecule has 45 heavy (non-hydrogen) atoms. The molecule has 4 rings (SSSR count). The van der Waals surface area contributed by atoms with Gasteiger partial charge in [-0.3, -0.25) is 9.32 Å². The average Bonchev–Trinajstić information content (AvgIpc) is 3.50. The minimum atomic E-state index is -4.34. The quantitative estimate of drug-likeness (QED) is 0.119. The van der Waals surface area contributed by atoms with E-state index in [1.54, 1.807) is 64.1 Å². The summed E-state index contributed by atoms with van der Waals surface area (Å²) in [4.78, 5) is 16.8. The van der Waals surface area contributed by atoms with Gasteiger partial charge < -0.3 is 34.7 Å². The highest BCUT2D eigenvalue weighted by Gasteiger charge is 2.67. The topological polar surface area (TPSA) is 213 Å². The van der Waals surface area contributed by atoms with Gasteiger partial charge in [-0.2, -0.15) is 10.4 Å². The van der Waals surface area contributed by atoms with Crippen molar-refractivity contribution in [3.63, 3.8) is 0 Å². The van der Waals surface area contributed by atoms with Crippen LogP contribution in [0.15, 0.2) is 48.8 Å². The van der Waals surface area contributed by atoms with Gasteiger partial charge >= 0.3 is 13.7 Å². The number of nitrogens with zero attached hydrogens (tertiary/aromatic N) is 4. The van der Waals surface area contributed by atoms with Gasteiger partial charge in [-0.05, 0) is 52.0 Å². The Morgan fingerprint density at radius 2 is 1.91 bits per heavy atom. The molecule has 0 aliphatic carbocycles. The Balaban J connectivity index is 1.72. The number of carbonyl (C=O) groups is 1. The maximum Gasteiger partial charge on any atom is 0.459 e. The maximum absolute atomic E-state index is 14.2. The van der Waals surface area contributed by atoms with Crippen LogP contribution in [0.3, 0.4) is 0 Å². The number of aromatic nitrogens is 3. The Bertz CT molecular complexity index is 1580. The predicted molar refractivity (Wildman–Crippen MR) is 160 cm³/mol. The monoisotopic (exact) mass is 646 g/mol. The van der Waals surface area contributed by atoms with Gasteiger partial charge in [0.2, 0.25) is 5.60 Å². The number of fused-ring (bicyclic) bond motifs is 1. The summed E-state index contributed by atoms with van der Waals surface area (Å²) in [6, 6.07) is 12.3. The largest absolute Gasteiger partial charge is 0.459 e. The first-order valence-electron chi connectivity index (χ1n) is 14.3. The molecule has 0 spiro atoms. The van der Waals surface area contributed by atoms with E-state index in [4.69, 9.17) is 29.0 Å². The van der Waals surface area contributed by atoms with Gasteiger partial charge in [-0.15, -0.1) is 0 Å². The van der Waals surface area contributed by atoms with Gasteiger partial charge in [-0.1, -0.05) is 32.0 Å². The van der Waals surface area contributed by atoms with Crippen molar-refractivity contribution in [2.24, 2.45) is 5.92 Å². The van der Waals surface area contributed by atoms with Crippen molar-refractivity contribution >= 4 is 25.1 Å². The van der Waals surface area contributed by atoms with E-state index in [-0.39, 0.29) is 23.4 Å². The van der Waals surface area contributed by atoms with Crippen LogP contribution in [0.1, 0.15) is 47.2 Å². The van der Waals surface area contributed by atoms with Crippen LogP contribution in [0.25, 0.3) is 5.52 Å². The molecule has 16 heteroatoms. The Morgan fingerprint density at radius 3 is 2.53 bits per heavy atom. The second-order valence-corrected chi connectivity index (χ2v) is 13.2. The van der Waals surface area contributed by atoms with E-state index in [0.29, 0.717) is 5.52 Å². The molecular weight excluding hydrogens is 607 g/mol. The third-order valence-corrected chi connectivity index (χ3v) is 8.89. The SMILES string of the molecule is CC(C)OC(O)[C@H](C)N[P@](=O)(OC[C@H]1O[C@@](C#N)(c2ccc3c(N)ncnn23)[C@](C)(O)[C@@H]1OC(=O)C(C)C)Oc1ccccc1. The first-order valence-corrected chi connectivity index (χ1v) is 15.9. The number of aliphatic hydroxyl groups is 2. The number of para-hydroxylation sites is 1. The zero-order valence-electron chi connectivity index (χ0n) is 25.9. The van der Waals surface area contributed by atoms with Gasteiger partial charge in [0.1, 0.15) is 35.4 Å². The highest BCUT2D eigenvalue weighted by atomic mass is 31.2. The standard InChI is InChI=1S/C29H39N6O9P/c1-17(2)26(36)42-24-22(43-29(15-30,28(24,6)38)23-13-12-21-25(31)32-16-33-35(21)23)14-40-45(39,44-20-10-8-7-9-11-20)34-19(5)27(37)41-18(3)4/h7-13,16-19,22,24,27,37-38H,14H2,1-6H3,(H,34,39)(H2,31,32,33)/t19-,22+,24+,27?,28+,29-,45-/m0/s1. The highest BCUT2D eigenvalue weighted by Crippen LogP contribution is 2.51. The van der Waals surface area contributed by atoms with Crippen molar-refractivity contribution in [1.29, 1.82) is 5.26 Å². The summed E-state index contributed by atoms with van der Waals surface area (Å²) in [5, 5.41) is 39.9. The number of hydrogen-bond donors (Lipinski definition) is 4. The summed E-state index contributed by atoms with van der Waals surface area (Å²) in [7, 11) is -4.34. The maximum atomic E-state index is 14.2. The van der Waals surface area contributed by atoms with Crippen molar-refractivity contribution in [3.05, 3.63) is 54.5 Å². The lowest BCUT2D eigenvalue weighted by molar-refractivity contribution is -0.168. The van der Waals surface area contributed by atoms with Gasteiger partial charge in [0, 0.05) is 0 Å². The first kappa shape index (κ1) is 34.3. The zero-order chi connectivity index (χ0) is 33.2. The average molecular weight is 647 g/mol. The van der Waals surface area contributed by atoms with Crippen LogP contribution in [0.5, 0.6) is 5.75 Å². The highest BCUT2D eigenvalue weighted by molar-refractivity contribution is 7.52. The molecule has 7 atom stereocenters. The van der Waals surface area contributed by atoms with E-state index in [0.717, 1.165) is 0 Å². The van der Waals surface area contributed by atoms with E-state index in [1.807, 2.05) is 6.07 Å². The molecule has 3 heterocycles. The van der Waals surface area contributed by atoms with E-state index in [9.17, 15) is 24.8 Å². The normalized spacial score (nSPS) is 26.0. The third-order valence-electron chi connectivity index (χ3n) is 7.23. The zero-order valence-corrected chi connectivity index (χ0v) is 26.8. The lowest BCUT2D eigenvalue weighted by Crippen LogP contribution is -2.54. The number of rotatable bonds is 13. The molecule has 1 aliphatic rings. The Kier molecular flexibility index (Phi) is 10.2. The van der Waals surface area contributed by atoms with Crippen LogP contribution >= 0.6 is 7.75 Å². The Morgan fingerprint density at radius 1 is 1.22 bits per heavy atom. The number of hydrogen-bond acceptors (Lipinski definition) is 13. The van der Waals surface area contributed by atoms with Crippen LogP contribution in [0.4, 0.5) is 5.82 Å². The fourth-order valence-electron chi connectivity index (χ4n) is 4.87. The van der Waals surface area contributed by atoms with Crippen molar-refractivity contribution in [2.75, 3.05) is 12.3 Å². The molecule has 5 N–H and O–H groups in total. The molecule has 0 bridgehead atoms. The number of nitriles is 1. The summed E-state index contributed by atoms with van der Waals surface area (Å²) < 4.78 is 44.4. The number of benzene rings is 1. The molecule has 244 valence electrons. The molecule has 1 fully saturated rings. The number of nitrogens with one attached hydrogen (secondary N) is 1. The number of aliphatic hydroxyl groups excluding tert-OH is 1. The van der Waals surface area contributed by atoms with Crippen molar-refractivity contribution in [2.45, 2.75) is 83.4 Å². The lowest BCUT2D eigenvalue weighted by Gasteiger charge is -2.34. The van der Waals surface area contributed by atoms with E-state index in [2.05, 4.69) is 15.2 Å². The van der Waals surface area contributed by atoms with E-state index >= 15 is 0 Å². The van der Waals surface area contributed by atoms with Gasteiger partial charge in [0.25, 0.3) is 0 Å². The number of nitrogens with two attached hydrogens (primary N) is 1. The predicted octanol–water partition coefficient (Wildman–Crippen LogP) is 2.67. The van der Waals surface area contributed by atoms with E-state index < -0.39 is 62.0 Å². The summed E-state index contributed by atoms with van der Waals surface area (Å²) in [6.45, 7) is 8.88. The summed E-state index contributed by atoms with van der Waals surface area (Å²) in [6.07, 6.45) is -3.38. The molecule has 15 nitrogen and oxygen atoms in total. The molecule has 0 radical (unpaired) electrons. The third kappa shape index (κ3) is 6.97. The molecular formula is C29H39N6O9P. The fourth-order valence-corrected chi connectivity index (χ4v) is 6.42. The number of ether oxygens (including phenoxy) is 3. The van der Waals surface area contributed by atoms with Gasteiger partial charge in [0.15, 0.2) is 18.2 Å². The number of anilines is 1. The minimum Gasteiger partial charge on any atom is -0.456 e. The molecule has 0 saturated carbocycles. The molecule has 0 amide bonds. The van der Waals surface area contributed by atoms with Crippen molar-refractivity contribution in [3.8, 4) is 11.8 Å². The minimum absolute atomic E-state index is 0.0802. The fraction of sp³-hybridized carbons (Fsp3) is 0.517. The van der Waals surface area contributed by atoms with Crippen LogP contribution in [-0.2, 0) is 33.7 Å². The number of nitrogen functional groups attached to an aromatic ring is 1. The molecule has 1 aromatic carbocycles. The van der Waals surface area contributed by atoms with Crippen molar-refractivity contribution < 1.29 is 42.8 Å². The number of carbonyl (C=O) groups excluding carboxylic acids is 1. The van der Waals surface area contributed by atoms with Gasteiger partial charge in [-0.25, -0.2) is 19.2 Å². The van der Waals surface area contributed by atoms with E-state index in [1.165, 1.54) is 30.8 Å². The van der Waals surface area contributed by atoms with Crippen LogP contribution in [0.2, 0.25) is 0 Å². The second-order valence-electron chi connectivity index (χ2n) is 11.5. The smallest absolute Gasteiger partial charge is 0.456 e. The van der Waals surface area contributed by atoms with Gasteiger partial charge in [0.05, 0.1) is 30.4 Å². The van der Waals surface area contributed by atoms with Crippen LogP contribution in [0, 0.1) is 17.2 Å². The molecule has 1 unspecified atom stereocenters. The Hall–Kier alpha value is -3.61. The van der Waals surface area contributed by atoms with Crippen molar-refractivity contribution in [1.82, 2.24) is 19.7 Å². The molecule has 1 saturated heterocycles. The summed E-state index contributed by atoms with van der Waals surface area (Å²) >= 11 is 0.